The van der Waals surface area contributed by atoms with Crippen molar-refractivity contribution >= 4 is 0 Å². The lowest BCUT2D eigenvalue weighted by Crippen LogP contribution is -2.46. The number of hydrogen-bond acceptors (Lipinski definition) is 2. The average molecular weight is 198 g/mol. The molecule has 0 aromatic rings. The van der Waals surface area contributed by atoms with Gasteiger partial charge in [-0.1, -0.05) is 6.92 Å². The molecular formula is C12H26N2. The second kappa shape index (κ2) is 5.72. The molecule has 84 valence electrons. The molecule has 0 spiro atoms. The lowest BCUT2D eigenvalue weighted by atomic mass is 10.0. The molecule has 0 aromatic carbocycles. The molecule has 0 saturated carbocycles. The standard InChI is InChI=1S/C12H26N2/c1-10-6-5-8-14(9-7-10)12(3)11(2)13-4/h10-13H,5-9H2,1-4H3. The Morgan fingerprint density at radius 2 is 1.93 bits per heavy atom. The van der Waals surface area contributed by atoms with Crippen molar-refractivity contribution in [1.29, 1.82) is 0 Å². The van der Waals surface area contributed by atoms with Gasteiger partial charge in [-0.05, 0) is 59.2 Å². The summed E-state index contributed by atoms with van der Waals surface area (Å²) in [6.45, 7) is 9.58. The Bertz CT molecular complexity index is 158. The fraction of sp³-hybridized carbons (Fsp3) is 1.00. The van der Waals surface area contributed by atoms with Crippen molar-refractivity contribution < 1.29 is 0 Å². The van der Waals surface area contributed by atoms with Crippen molar-refractivity contribution in [3.05, 3.63) is 0 Å². The van der Waals surface area contributed by atoms with Crippen LogP contribution in [0.2, 0.25) is 0 Å². The van der Waals surface area contributed by atoms with Crippen molar-refractivity contribution in [3.8, 4) is 0 Å². The van der Waals surface area contributed by atoms with E-state index >= 15 is 0 Å². The lowest BCUT2D eigenvalue weighted by Gasteiger charge is -2.32. The zero-order chi connectivity index (χ0) is 10.6. The highest BCUT2D eigenvalue weighted by molar-refractivity contribution is 4.79. The van der Waals surface area contributed by atoms with E-state index in [4.69, 9.17) is 0 Å². The van der Waals surface area contributed by atoms with E-state index in [1.54, 1.807) is 0 Å². The molecule has 1 N–H and O–H groups in total. The summed E-state index contributed by atoms with van der Waals surface area (Å²) in [6.07, 6.45) is 4.17. The van der Waals surface area contributed by atoms with Crippen LogP contribution in [0.1, 0.15) is 40.0 Å². The molecule has 3 atom stereocenters. The smallest absolute Gasteiger partial charge is 0.0218 e. The van der Waals surface area contributed by atoms with Crippen LogP contribution in [0.25, 0.3) is 0 Å². The molecule has 1 aliphatic rings. The van der Waals surface area contributed by atoms with Gasteiger partial charge < -0.3 is 5.32 Å². The summed E-state index contributed by atoms with van der Waals surface area (Å²) in [4.78, 5) is 2.64. The average Bonchev–Trinajstić information content (AvgIpc) is 2.40. The molecule has 0 bridgehead atoms. The molecule has 0 amide bonds. The van der Waals surface area contributed by atoms with E-state index in [0.29, 0.717) is 12.1 Å². The second-order valence-corrected chi connectivity index (χ2v) is 4.89. The van der Waals surface area contributed by atoms with Crippen molar-refractivity contribution in [2.45, 2.75) is 52.1 Å². The van der Waals surface area contributed by atoms with Crippen LogP contribution in [0.4, 0.5) is 0 Å². The SMILES string of the molecule is CNC(C)C(C)N1CCCC(C)CC1. The van der Waals surface area contributed by atoms with E-state index in [0.717, 1.165) is 5.92 Å². The van der Waals surface area contributed by atoms with E-state index in [1.165, 1.54) is 32.4 Å². The molecule has 14 heavy (non-hydrogen) atoms. The molecule has 1 fully saturated rings. The van der Waals surface area contributed by atoms with E-state index in [-0.39, 0.29) is 0 Å². The minimum atomic E-state index is 0.600. The summed E-state index contributed by atoms with van der Waals surface area (Å²) in [5.41, 5.74) is 0. The molecule has 1 heterocycles. The molecule has 1 saturated heterocycles. The number of nitrogens with zero attached hydrogens (tertiary/aromatic N) is 1. The molecule has 1 rings (SSSR count). The molecule has 0 aromatic heterocycles. The predicted molar refractivity (Wildman–Crippen MR) is 62.6 cm³/mol. The van der Waals surface area contributed by atoms with Gasteiger partial charge in [-0.25, -0.2) is 0 Å². The molecule has 2 heteroatoms. The van der Waals surface area contributed by atoms with Crippen LogP contribution in [-0.2, 0) is 0 Å². The Morgan fingerprint density at radius 3 is 2.57 bits per heavy atom. The first kappa shape index (κ1) is 12.0. The number of nitrogens with one attached hydrogen (secondary N) is 1. The van der Waals surface area contributed by atoms with Crippen LogP contribution < -0.4 is 5.32 Å². The van der Waals surface area contributed by atoms with Crippen LogP contribution in [0.5, 0.6) is 0 Å². The Hall–Kier alpha value is -0.0800. The van der Waals surface area contributed by atoms with Crippen LogP contribution >= 0.6 is 0 Å². The van der Waals surface area contributed by atoms with Gasteiger partial charge in [0.05, 0.1) is 0 Å². The molecule has 0 radical (unpaired) electrons. The highest BCUT2D eigenvalue weighted by Crippen LogP contribution is 2.18. The van der Waals surface area contributed by atoms with Crippen molar-refractivity contribution in [1.82, 2.24) is 10.2 Å². The summed E-state index contributed by atoms with van der Waals surface area (Å²) in [5, 5.41) is 3.35. The minimum Gasteiger partial charge on any atom is -0.316 e. The predicted octanol–water partition coefficient (Wildman–Crippen LogP) is 2.10. The minimum absolute atomic E-state index is 0.600. The Kier molecular flexibility index (Phi) is 4.90. The van der Waals surface area contributed by atoms with Crippen molar-refractivity contribution in [2.24, 2.45) is 5.92 Å². The van der Waals surface area contributed by atoms with Gasteiger partial charge in [0.25, 0.3) is 0 Å². The van der Waals surface area contributed by atoms with Crippen LogP contribution in [0, 0.1) is 5.92 Å². The topological polar surface area (TPSA) is 15.3 Å². The Morgan fingerprint density at radius 1 is 1.21 bits per heavy atom. The summed E-state index contributed by atoms with van der Waals surface area (Å²) >= 11 is 0. The Balaban J connectivity index is 2.42. The first-order valence-electron chi connectivity index (χ1n) is 6.06. The summed E-state index contributed by atoms with van der Waals surface area (Å²) < 4.78 is 0. The quantitative estimate of drug-likeness (QED) is 0.747. The summed E-state index contributed by atoms with van der Waals surface area (Å²) in [5.74, 6) is 0.928. The van der Waals surface area contributed by atoms with E-state index in [1.807, 2.05) is 0 Å². The van der Waals surface area contributed by atoms with Gasteiger partial charge in [-0.2, -0.15) is 0 Å². The fourth-order valence-corrected chi connectivity index (χ4v) is 2.25. The first-order chi connectivity index (χ1) is 6.65. The highest BCUT2D eigenvalue weighted by atomic mass is 15.2. The Labute approximate surface area is 89.1 Å². The monoisotopic (exact) mass is 198 g/mol. The van der Waals surface area contributed by atoms with Crippen LogP contribution in [0.3, 0.4) is 0 Å². The third-order valence-corrected chi connectivity index (χ3v) is 3.81. The second-order valence-electron chi connectivity index (χ2n) is 4.89. The van der Waals surface area contributed by atoms with Crippen LogP contribution in [0.15, 0.2) is 0 Å². The van der Waals surface area contributed by atoms with Gasteiger partial charge in [0.2, 0.25) is 0 Å². The number of likely N-dealkylation sites (N-methyl/N-ethyl adjacent to an activating group) is 1. The fourth-order valence-electron chi connectivity index (χ4n) is 2.25. The summed E-state index contributed by atoms with van der Waals surface area (Å²) in [7, 11) is 2.06. The zero-order valence-electron chi connectivity index (χ0n) is 10.2. The van der Waals surface area contributed by atoms with Gasteiger partial charge in [0.1, 0.15) is 0 Å². The largest absolute Gasteiger partial charge is 0.316 e. The van der Waals surface area contributed by atoms with E-state index < -0.39 is 0 Å². The molecule has 0 aliphatic carbocycles. The molecule has 1 aliphatic heterocycles. The lowest BCUT2D eigenvalue weighted by molar-refractivity contribution is 0.183. The van der Waals surface area contributed by atoms with Gasteiger partial charge in [0.15, 0.2) is 0 Å². The highest BCUT2D eigenvalue weighted by Gasteiger charge is 2.21. The first-order valence-corrected chi connectivity index (χ1v) is 6.06. The maximum absolute atomic E-state index is 3.35. The van der Waals surface area contributed by atoms with Gasteiger partial charge in [0, 0.05) is 12.1 Å². The molecule has 3 unspecified atom stereocenters. The third kappa shape index (κ3) is 3.25. The maximum atomic E-state index is 3.35. The van der Waals surface area contributed by atoms with Crippen LogP contribution in [-0.4, -0.2) is 37.1 Å². The van der Waals surface area contributed by atoms with Gasteiger partial charge >= 0.3 is 0 Å². The third-order valence-electron chi connectivity index (χ3n) is 3.81. The van der Waals surface area contributed by atoms with E-state index in [9.17, 15) is 0 Å². The van der Waals surface area contributed by atoms with Gasteiger partial charge in [-0.3, -0.25) is 4.90 Å². The van der Waals surface area contributed by atoms with Gasteiger partial charge in [-0.15, -0.1) is 0 Å². The van der Waals surface area contributed by atoms with Crippen molar-refractivity contribution in [2.75, 3.05) is 20.1 Å². The number of likely N-dealkylation sites (tertiary alicyclic amines) is 1. The normalized spacial score (nSPS) is 29.6. The van der Waals surface area contributed by atoms with Crippen molar-refractivity contribution in [3.63, 3.8) is 0 Å². The number of hydrogen-bond donors (Lipinski definition) is 1. The molecular weight excluding hydrogens is 172 g/mol. The summed E-state index contributed by atoms with van der Waals surface area (Å²) in [6, 6.07) is 1.27. The maximum Gasteiger partial charge on any atom is 0.0218 e. The molecule has 2 nitrogen and oxygen atoms in total. The number of rotatable bonds is 3. The van der Waals surface area contributed by atoms with E-state index in [2.05, 4.69) is 38.0 Å². The zero-order valence-corrected chi connectivity index (χ0v) is 10.2.